The summed E-state index contributed by atoms with van der Waals surface area (Å²) in [6.07, 6.45) is 3.32. The smallest absolute Gasteiger partial charge is 0.261 e. The van der Waals surface area contributed by atoms with Gasteiger partial charge in [0.1, 0.15) is 0 Å². The predicted molar refractivity (Wildman–Crippen MR) is 108 cm³/mol. The molecule has 7 heteroatoms. The number of hydrogen-bond acceptors (Lipinski definition) is 4. The number of imide groups is 1. The Morgan fingerprint density at radius 3 is 2.55 bits per heavy atom. The number of aromatic nitrogens is 1. The average Bonchev–Trinajstić information content (AvgIpc) is 2.98. The van der Waals surface area contributed by atoms with Crippen LogP contribution in [-0.4, -0.2) is 27.6 Å². The van der Waals surface area contributed by atoms with Crippen molar-refractivity contribution in [3.8, 4) is 0 Å². The monoisotopic (exact) mass is 405 g/mol. The Morgan fingerprint density at radius 1 is 1.00 bits per heavy atom. The summed E-state index contributed by atoms with van der Waals surface area (Å²) in [6.45, 7) is 0.393. The molecule has 29 heavy (non-hydrogen) atoms. The van der Waals surface area contributed by atoms with Gasteiger partial charge in [-0.2, -0.15) is 0 Å². The van der Waals surface area contributed by atoms with Gasteiger partial charge < -0.3 is 5.32 Å². The van der Waals surface area contributed by atoms with Crippen LogP contribution in [0.3, 0.4) is 0 Å². The molecule has 1 aliphatic heterocycles. The van der Waals surface area contributed by atoms with Gasteiger partial charge in [0.05, 0.1) is 17.7 Å². The molecule has 1 aliphatic rings. The van der Waals surface area contributed by atoms with E-state index in [-0.39, 0.29) is 23.6 Å². The first-order valence-electron chi connectivity index (χ1n) is 8.95. The van der Waals surface area contributed by atoms with E-state index in [2.05, 4.69) is 10.3 Å². The van der Waals surface area contributed by atoms with Crippen LogP contribution < -0.4 is 5.32 Å². The van der Waals surface area contributed by atoms with Crippen molar-refractivity contribution in [3.63, 3.8) is 0 Å². The summed E-state index contributed by atoms with van der Waals surface area (Å²) in [7, 11) is 0. The molecule has 1 aromatic heterocycles. The summed E-state index contributed by atoms with van der Waals surface area (Å²) in [6, 6.07) is 15.2. The number of carbonyl (C=O) groups excluding carboxylic acids is 3. The minimum Gasteiger partial charge on any atom is -0.348 e. The molecular weight excluding hydrogens is 390 g/mol. The van der Waals surface area contributed by atoms with Crippen molar-refractivity contribution in [2.24, 2.45) is 0 Å². The molecule has 0 bridgehead atoms. The fourth-order valence-corrected chi connectivity index (χ4v) is 3.36. The largest absolute Gasteiger partial charge is 0.348 e. The summed E-state index contributed by atoms with van der Waals surface area (Å²) in [5.74, 6) is -1.17. The van der Waals surface area contributed by atoms with E-state index in [1.807, 2.05) is 6.07 Å². The Kier molecular flexibility index (Phi) is 5.10. The van der Waals surface area contributed by atoms with E-state index in [9.17, 15) is 14.4 Å². The Morgan fingerprint density at radius 2 is 1.79 bits per heavy atom. The molecule has 3 amide bonds. The van der Waals surface area contributed by atoms with Gasteiger partial charge in [-0.05, 0) is 41.5 Å². The predicted octanol–water partition coefficient (Wildman–Crippen LogP) is 3.46. The lowest BCUT2D eigenvalue weighted by atomic mass is 10.1. The highest BCUT2D eigenvalue weighted by Gasteiger charge is 2.36. The van der Waals surface area contributed by atoms with Crippen molar-refractivity contribution in [2.75, 3.05) is 0 Å². The number of amides is 3. The zero-order valence-electron chi connectivity index (χ0n) is 15.3. The van der Waals surface area contributed by atoms with Gasteiger partial charge in [-0.1, -0.05) is 35.9 Å². The van der Waals surface area contributed by atoms with Crippen molar-refractivity contribution in [1.29, 1.82) is 0 Å². The van der Waals surface area contributed by atoms with Gasteiger partial charge in [0.25, 0.3) is 17.7 Å². The van der Waals surface area contributed by atoms with E-state index in [1.54, 1.807) is 48.8 Å². The van der Waals surface area contributed by atoms with Crippen molar-refractivity contribution in [3.05, 3.63) is 99.8 Å². The molecule has 144 valence electrons. The molecule has 0 fully saturated rings. The van der Waals surface area contributed by atoms with Crippen LogP contribution in [0.4, 0.5) is 0 Å². The molecule has 6 nitrogen and oxygen atoms in total. The zero-order chi connectivity index (χ0) is 20.4. The summed E-state index contributed by atoms with van der Waals surface area (Å²) in [5.41, 5.74) is 2.35. The summed E-state index contributed by atoms with van der Waals surface area (Å²) >= 11 is 6.15. The SMILES string of the molecule is O=C(NCc1cccnc1)c1ccc2c(c1)C(=O)N(Cc1ccccc1Cl)C2=O. The number of rotatable bonds is 5. The number of halogens is 1. The molecule has 0 atom stereocenters. The number of pyridine rings is 1. The third-order valence-corrected chi connectivity index (χ3v) is 5.06. The highest BCUT2D eigenvalue weighted by molar-refractivity contribution is 6.31. The highest BCUT2D eigenvalue weighted by Crippen LogP contribution is 2.27. The summed E-state index contributed by atoms with van der Waals surface area (Å²) in [4.78, 5) is 43.1. The lowest BCUT2D eigenvalue weighted by Crippen LogP contribution is -2.29. The van der Waals surface area contributed by atoms with Gasteiger partial charge in [-0.3, -0.25) is 24.3 Å². The van der Waals surface area contributed by atoms with E-state index in [1.165, 1.54) is 12.1 Å². The van der Waals surface area contributed by atoms with E-state index < -0.39 is 11.8 Å². The lowest BCUT2D eigenvalue weighted by molar-refractivity contribution is 0.0642. The lowest BCUT2D eigenvalue weighted by Gasteiger charge is -2.14. The molecule has 0 saturated heterocycles. The molecule has 2 heterocycles. The van der Waals surface area contributed by atoms with Crippen LogP contribution in [0.2, 0.25) is 5.02 Å². The Hall–Kier alpha value is -3.51. The number of nitrogens with zero attached hydrogens (tertiary/aromatic N) is 2. The Labute approximate surface area is 172 Å². The van der Waals surface area contributed by atoms with Crippen LogP contribution in [0.1, 0.15) is 42.2 Å². The van der Waals surface area contributed by atoms with E-state index in [0.29, 0.717) is 22.7 Å². The van der Waals surface area contributed by atoms with E-state index >= 15 is 0 Å². The zero-order valence-corrected chi connectivity index (χ0v) is 16.0. The number of benzene rings is 2. The molecule has 4 rings (SSSR count). The molecule has 0 spiro atoms. The number of hydrogen-bond donors (Lipinski definition) is 1. The van der Waals surface area contributed by atoms with E-state index in [4.69, 9.17) is 11.6 Å². The Balaban J connectivity index is 1.52. The highest BCUT2D eigenvalue weighted by atomic mass is 35.5. The van der Waals surface area contributed by atoms with Crippen LogP contribution >= 0.6 is 11.6 Å². The quantitative estimate of drug-likeness (QED) is 0.659. The van der Waals surface area contributed by atoms with Crippen molar-refractivity contribution < 1.29 is 14.4 Å². The number of fused-ring (bicyclic) bond motifs is 1. The second kappa shape index (κ2) is 7.85. The van der Waals surface area contributed by atoms with Crippen LogP contribution in [-0.2, 0) is 13.1 Å². The maximum Gasteiger partial charge on any atom is 0.261 e. The van der Waals surface area contributed by atoms with Crippen LogP contribution in [0, 0.1) is 0 Å². The first kappa shape index (κ1) is 18.8. The first-order chi connectivity index (χ1) is 14.0. The normalized spacial score (nSPS) is 12.8. The molecule has 0 radical (unpaired) electrons. The molecular formula is C22H16ClN3O3. The van der Waals surface area contributed by atoms with E-state index in [0.717, 1.165) is 10.5 Å². The van der Waals surface area contributed by atoms with Crippen LogP contribution in [0.15, 0.2) is 67.0 Å². The average molecular weight is 406 g/mol. The van der Waals surface area contributed by atoms with Gasteiger partial charge in [0, 0.05) is 29.5 Å². The van der Waals surface area contributed by atoms with Gasteiger partial charge >= 0.3 is 0 Å². The van der Waals surface area contributed by atoms with Crippen molar-refractivity contribution in [2.45, 2.75) is 13.1 Å². The second-order valence-corrected chi connectivity index (χ2v) is 7.00. The van der Waals surface area contributed by atoms with Gasteiger partial charge in [-0.15, -0.1) is 0 Å². The number of nitrogens with one attached hydrogen (secondary N) is 1. The fourth-order valence-electron chi connectivity index (χ4n) is 3.16. The standard InChI is InChI=1S/C22H16ClN3O3/c23-19-6-2-1-5-16(19)13-26-21(28)17-8-7-15(10-18(17)22(26)29)20(27)25-12-14-4-3-9-24-11-14/h1-11H,12-13H2,(H,25,27). The minimum atomic E-state index is -0.438. The summed E-state index contributed by atoms with van der Waals surface area (Å²) in [5, 5.41) is 3.27. The maximum absolute atomic E-state index is 12.8. The van der Waals surface area contributed by atoms with Gasteiger partial charge in [0.15, 0.2) is 0 Å². The third kappa shape index (κ3) is 3.75. The van der Waals surface area contributed by atoms with Gasteiger partial charge in [0.2, 0.25) is 0 Å². The molecule has 0 saturated carbocycles. The first-order valence-corrected chi connectivity index (χ1v) is 9.33. The third-order valence-electron chi connectivity index (χ3n) is 4.70. The molecule has 1 N–H and O–H groups in total. The number of carbonyl (C=O) groups is 3. The fraction of sp³-hybridized carbons (Fsp3) is 0.0909. The second-order valence-electron chi connectivity index (χ2n) is 6.59. The summed E-state index contributed by atoms with van der Waals surface area (Å²) < 4.78 is 0. The van der Waals surface area contributed by atoms with Crippen LogP contribution in [0.5, 0.6) is 0 Å². The minimum absolute atomic E-state index is 0.0779. The molecule has 0 unspecified atom stereocenters. The molecule has 3 aromatic rings. The molecule has 2 aromatic carbocycles. The topological polar surface area (TPSA) is 79.4 Å². The van der Waals surface area contributed by atoms with Gasteiger partial charge in [-0.25, -0.2) is 0 Å². The van der Waals surface area contributed by atoms with Crippen LogP contribution in [0.25, 0.3) is 0 Å². The van der Waals surface area contributed by atoms with Crippen molar-refractivity contribution >= 4 is 29.3 Å². The Bertz CT molecular complexity index is 1120. The maximum atomic E-state index is 12.8. The molecule has 0 aliphatic carbocycles. The van der Waals surface area contributed by atoms with Crippen molar-refractivity contribution in [1.82, 2.24) is 15.2 Å².